The topological polar surface area (TPSA) is 63.1 Å². The number of carboxylic acids is 1. The fourth-order valence-corrected chi connectivity index (χ4v) is 2.65. The lowest BCUT2D eigenvalue weighted by molar-refractivity contribution is 0.0685. The Labute approximate surface area is 86.2 Å². The number of carboxylic acid groups (broad SMARTS) is 1. The first-order valence-corrected chi connectivity index (χ1v) is 5.61. The Hall–Kier alpha value is -0.970. The molecule has 1 aliphatic carbocycles. The van der Waals surface area contributed by atoms with Crippen LogP contribution in [0.5, 0.6) is 0 Å². The molecule has 0 spiro atoms. The first kappa shape index (κ1) is 9.58. The summed E-state index contributed by atoms with van der Waals surface area (Å²) in [5.41, 5.74) is 0. The van der Waals surface area contributed by atoms with Crippen LogP contribution in [0.3, 0.4) is 0 Å². The van der Waals surface area contributed by atoms with Crippen LogP contribution in [0.15, 0.2) is 0 Å². The Morgan fingerprint density at radius 1 is 1.36 bits per heavy atom. The lowest BCUT2D eigenvalue weighted by Crippen LogP contribution is -2.05. The van der Waals surface area contributed by atoms with Crippen LogP contribution in [0.1, 0.15) is 53.6 Å². The molecule has 1 saturated carbocycles. The van der Waals surface area contributed by atoms with E-state index in [9.17, 15) is 4.79 Å². The van der Waals surface area contributed by atoms with Gasteiger partial charge in [-0.25, -0.2) is 9.78 Å². The second-order valence-corrected chi connectivity index (χ2v) is 4.38. The highest BCUT2D eigenvalue weighted by atomic mass is 32.1. The minimum Gasteiger partial charge on any atom is -0.475 e. The number of aromatic nitrogens is 2. The van der Waals surface area contributed by atoms with E-state index in [4.69, 9.17) is 5.11 Å². The molecule has 1 fully saturated rings. The van der Waals surface area contributed by atoms with Crippen molar-refractivity contribution >= 4 is 17.5 Å². The van der Waals surface area contributed by atoms with E-state index in [0.717, 1.165) is 17.8 Å². The maximum Gasteiger partial charge on any atom is 0.374 e. The van der Waals surface area contributed by atoms with Crippen LogP contribution >= 0.6 is 11.5 Å². The lowest BCUT2D eigenvalue weighted by atomic mass is 9.90. The van der Waals surface area contributed by atoms with Crippen LogP contribution in [0.2, 0.25) is 0 Å². The van der Waals surface area contributed by atoms with Gasteiger partial charge in [-0.1, -0.05) is 19.3 Å². The SMILES string of the molecule is O=C(O)c1nsc(C2CCCCC2)n1. The van der Waals surface area contributed by atoms with Crippen LogP contribution in [0.25, 0.3) is 0 Å². The van der Waals surface area contributed by atoms with Gasteiger partial charge >= 0.3 is 5.97 Å². The molecule has 0 saturated heterocycles. The molecule has 0 bridgehead atoms. The summed E-state index contributed by atoms with van der Waals surface area (Å²) in [4.78, 5) is 14.6. The third-order valence-corrected chi connectivity index (χ3v) is 3.46. The molecule has 0 unspecified atom stereocenters. The predicted octanol–water partition coefficient (Wildman–Crippen LogP) is 2.28. The summed E-state index contributed by atoms with van der Waals surface area (Å²) in [7, 11) is 0. The van der Waals surface area contributed by atoms with Crippen molar-refractivity contribution in [1.82, 2.24) is 9.36 Å². The predicted molar refractivity (Wildman–Crippen MR) is 52.7 cm³/mol. The van der Waals surface area contributed by atoms with Crippen molar-refractivity contribution in [1.29, 1.82) is 0 Å². The number of rotatable bonds is 2. The number of hydrogen-bond donors (Lipinski definition) is 1. The molecule has 1 aromatic rings. The molecule has 0 atom stereocenters. The number of hydrogen-bond acceptors (Lipinski definition) is 4. The average molecular weight is 212 g/mol. The normalized spacial score (nSPS) is 18.3. The zero-order chi connectivity index (χ0) is 9.97. The van der Waals surface area contributed by atoms with E-state index in [0.29, 0.717) is 5.92 Å². The van der Waals surface area contributed by atoms with Gasteiger partial charge in [0.25, 0.3) is 5.82 Å². The second kappa shape index (κ2) is 4.04. The van der Waals surface area contributed by atoms with Crippen molar-refractivity contribution in [2.75, 3.05) is 0 Å². The first-order chi connectivity index (χ1) is 6.77. The number of aromatic carboxylic acids is 1. The Morgan fingerprint density at radius 2 is 2.07 bits per heavy atom. The van der Waals surface area contributed by atoms with Gasteiger partial charge in [0.05, 0.1) is 0 Å². The van der Waals surface area contributed by atoms with Crippen LogP contribution in [-0.2, 0) is 0 Å². The molecule has 1 aliphatic rings. The molecule has 0 radical (unpaired) electrons. The summed E-state index contributed by atoms with van der Waals surface area (Å²) in [5, 5.41) is 9.58. The highest BCUT2D eigenvalue weighted by Crippen LogP contribution is 2.33. The second-order valence-electron chi connectivity index (χ2n) is 3.60. The first-order valence-electron chi connectivity index (χ1n) is 4.84. The molecule has 1 aromatic heterocycles. The van der Waals surface area contributed by atoms with E-state index in [-0.39, 0.29) is 5.82 Å². The summed E-state index contributed by atoms with van der Waals surface area (Å²) >= 11 is 1.24. The highest BCUT2D eigenvalue weighted by molar-refractivity contribution is 7.05. The average Bonchev–Trinajstić information content (AvgIpc) is 2.68. The molecule has 1 N–H and O–H groups in total. The van der Waals surface area contributed by atoms with E-state index in [1.807, 2.05) is 0 Å². The number of carbonyl (C=O) groups is 1. The lowest BCUT2D eigenvalue weighted by Gasteiger charge is -2.18. The molecule has 2 rings (SSSR count). The van der Waals surface area contributed by atoms with Crippen LogP contribution in [-0.4, -0.2) is 20.4 Å². The van der Waals surface area contributed by atoms with Crippen LogP contribution < -0.4 is 0 Å². The Bertz CT molecular complexity index is 331. The molecule has 1 heterocycles. The van der Waals surface area contributed by atoms with Gasteiger partial charge in [0.15, 0.2) is 0 Å². The van der Waals surface area contributed by atoms with Gasteiger partial charge in [0, 0.05) is 5.92 Å². The van der Waals surface area contributed by atoms with Gasteiger partial charge in [-0.05, 0) is 24.4 Å². The van der Waals surface area contributed by atoms with E-state index in [1.165, 1.54) is 30.8 Å². The van der Waals surface area contributed by atoms with Crippen LogP contribution in [0.4, 0.5) is 0 Å². The smallest absolute Gasteiger partial charge is 0.374 e. The van der Waals surface area contributed by atoms with Crippen molar-refractivity contribution in [2.24, 2.45) is 0 Å². The summed E-state index contributed by atoms with van der Waals surface area (Å²) in [6.07, 6.45) is 6.02. The van der Waals surface area contributed by atoms with Crippen molar-refractivity contribution in [3.63, 3.8) is 0 Å². The molecule has 0 aromatic carbocycles. The van der Waals surface area contributed by atoms with E-state index in [2.05, 4.69) is 9.36 Å². The molecular formula is C9H12N2O2S. The standard InChI is InChI=1S/C9H12N2O2S/c12-9(13)7-10-8(14-11-7)6-4-2-1-3-5-6/h6H,1-5H2,(H,12,13). The van der Waals surface area contributed by atoms with Gasteiger partial charge in [-0.3, -0.25) is 0 Å². The van der Waals surface area contributed by atoms with Crippen molar-refractivity contribution in [3.05, 3.63) is 10.8 Å². The van der Waals surface area contributed by atoms with Crippen molar-refractivity contribution < 1.29 is 9.90 Å². The Morgan fingerprint density at radius 3 is 2.64 bits per heavy atom. The van der Waals surface area contributed by atoms with Crippen molar-refractivity contribution in [2.45, 2.75) is 38.0 Å². The minimum atomic E-state index is -1.02. The largest absolute Gasteiger partial charge is 0.475 e. The molecule has 0 aliphatic heterocycles. The van der Waals surface area contributed by atoms with Gasteiger partial charge in [-0.2, -0.15) is 4.37 Å². The summed E-state index contributed by atoms with van der Waals surface area (Å²) in [6, 6.07) is 0. The third-order valence-electron chi connectivity index (χ3n) is 2.59. The van der Waals surface area contributed by atoms with Gasteiger partial charge in [0.2, 0.25) is 0 Å². The molecule has 4 nitrogen and oxygen atoms in total. The molecular weight excluding hydrogens is 200 g/mol. The van der Waals surface area contributed by atoms with Gasteiger partial charge in [-0.15, -0.1) is 0 Å². The van der Waals surface area contributed by atoms with E-state index in [1.54, 1.807) is 0 Å². The molecule has 0 amide bonds. The monoisotopic (exact) mass is 212 g/mol. The molecule has 5 heteroatoms. The zero-order valence-electron chi connectivity index (χ0n) is 7.77. The van der Waals surface area contributed by atoms with Gasteiger partial charge < -0.3 is 5.11 Å². The summed E-state index contributed by atoms with van der Waals surface area (Å²) in [6.45, 7) is 0. The Balaban J connectivity index is 2.11. The molecule has 14 heavy (non-hydrogen) atoms. The zero-order valence-corrected chi connectivity index (χ0v) is 8.59. The molecule has 76 valence electrons. The van der Waals surface area contributed by atoms with E-state index >= 15 is 0 Å². The number of nitrogens with zero attached hydrogens (tertiary/aromatic N) is 2. The third kappa shape index (κ3) is 1.92. The van der Waals surface area contributed by atoms with E-state index < -0.39 is 5.97 Å². The maximum atomic E-state index is 10.6. The maximum absolute atomic E-state index is 10.6. The summed E-state index contributed by atoms with van der Waals surface area (Å²) < 4.78 is 3.82. The summed E-state index contributed by atoms with van der Waals surface area (Å²) in [5.74, 6) is -0.617. The van der Waals surface area contributed by atoms with Crippen LogP contribution in [0, 0.1) is 0 Å². The fourth-order valence-electron chi connectivity index (χ4n) is 1.84. The van der Waals surface area contributed by atoms with Gasteiger partial charge in [0.1, 0.15) is 5.01 Å². The fraction of sp³-hybridized carbons (Fsp3) is 0.667. The highest BCUT2D eigenvalue weighted by Gasteiger charge is 2.21. The quantitative estimate of drug-likeness (QED) is 0.816. The Kier molecular flexibility index (Phi) is 2.77. The minimum absolute atomic E-state index is 0.0458. The van der Waals surface area contributed by atoms with Crippen molar-refractivity contribution in [3.8, 4) is 0 Å².